The Kier molecular flexibility index (Phi) is 4.51. The first kappa shape index (κ1) is 12.4. The molecule has 15 heavy (non-hydrogen) atoms. The summed E-state index contributed by atoms with van der Waals surface area (Å²) >= 11 is 3.60. The van der Waals surface area contributed by atoms with Crippen LogP contribution in [0.15, 0.2) is 12.3 Å². The third-order valence-electron chi connectivity index (χ3n) is 2.37. The third-order valence-corrected chi connectivity index (χ3v) is 2.94. The van der Waals surface area contributed by atoms with E-state index in [1.807, 2.05) is 0 Å². The SMILES string of the molecule is COc1ccnc(C(C(C)C)C(C)Br)n1. The van der Waals surface area contributed by atoms with Crippen LogP contribution in [0.4, 0.5) is 0 Å². The average Bonchev–Trinajstić information content (AvgIpc) is 2.17. The highest BCUT2D eigenvalue weighted by Gasteiger charge is 2.23. The highest BCUT2D eigenvalue weighted by Crippen LogP contribution is 2.30. The van der Waals surface area contributed by atoms with Gasteiger partial charge in [-0.15, -0.1) is 0 Å². The fourth-order valence-electron chi connectivity index (χ4n) is 1.66. The van der Waals surface area contributed by atoms with E-state index in [1.54, 1.807) is 19.4 Å². The lowest BCUT2D eigenvalue weighted by Crippen LogP contribution is -2.18. The van der Waals surface area contributed by atoms with Gasteiger partial charge in [0, 0.05) is 23.0 Å². The summed E-state index contributed by atoms with van der Waals surface area (Å²) in [4.78, 5) is 9.03. The zero-order valence-electron chi connectivity index (χ0n) is 9.57. The molecule has 0 saturated carbocycles. The summed E-state index contributed by atoms with van der Waals surface area (Å²) in [5.41, 5.74) is 0. The number of nitrogens with zero attached hydrogens (tertiary/aromatic N) is 2. The van der Waals surface area contributed by atoms with Gasteiger partial charge in [0.15, 0.2) is 0 Å². The van der Waals surface area contributed by atoms with Crippen molar-refractivity contribution in [2.75, 3.05) is 7.11 Å². The van der Waals surface area contributed by atoms with Gasteiger partial charge >= 0.3 is 0 Å². The predicted octanol–water partition coefficient (Wildman–Crippen LogP) is 3.01. The second kappa shape index (κ2) is 5.45. The van der Waals surface area contributed by atoms with E-state index in [0.717, 1.165) is 5.82 Å². The van der Waals surface area contributed by atoms with Crippen molar-refractivity contribution in [1.29, 1.82) is 0 Å². The van der Waals surface area contributed by atoms with Gasteiger partial charge in [-0.1, -0.05) is 36.7 Å². The molecule has 0 amide bonds. The van der Waals surface area contributed by atoms with Crippen molar-refractivity contribution < 1.29 is 4.74 Å². The van der Waals surface area contributed by atoms with Crippen LogP contribution in [0.5, 0.6) is 5.88 Å². The molecule has 0 fully saturated rings. The number of aromatic nitrogens is 2. The molecule has 1 rings (SSSR count). The second-order valence-corrected chi connectivity index (χ2v) is 5.35. The fourth-order valence-corrected chi connectivity index (χ4v) is 2.51. The molecule has 3 nitrogen and oxygen atoms in total. The van der Waals surface area contributed by atoms with Gasteiger partial charge in [-0.25, -0.2) is 4.98 Å². The number of ether oxygens (including phenoxy) is 1. The molecule has 4 heteroatoms. The maximum Gasteiger partial charge on any atom is 0.216 e. The molecule has 0 aromatic carbocycles. The van der Waals surface area contributed by atoms with Crippen LogP contribution in [0.2, 0.25) is 0 Å². The van der Waals surface area contributed by atoms with Crippen molar-refractivity contribution in [2.24, 2.45) is 5.92 Å². The Hall–Kier alpha value is -0.640. The Balaban J connectivity index is 3.00. The lowest BCUT2D eigenvalue weighted by Gasteiger charge is -2.22. The first-order chi connectivity index (χ1) is 7.06. The van der Waals surface area contributed by atoms with E-state index in [4.69, 9.17) is 4.74 Å². The molecule has 0 spiro atoms. The highest BCUT2D eigenvalue weighted by molar-refractivity contribution is 9.09. The summed E-state index contributed by atoms with van der Waals surface area (Å²) in [5.74, 6) is 2.26. The van der Waals surface area contributed by atoms with Crippen molar-refractivity contribution >= 4 is 15.9 Å². The van der Waals surface area contributed by atoms with E-state index in [9.17, 15) is 0 Å². The molecule has 1 aromatic heterocycles. The number of rotatable bonds is 4. The van der Waals surface area contributed by atoms with Crippen molar-refractivity contribution in [3.8, 4) is 5.88 Å². The molecule has 84 valence electrons. The third kappa shape index (κ3) is 3.16. The van der Waals surface area contributed by atoms with Crippen LogP contribution >= 0.6 is 15.9 Å². The first-order valence-electron chi connectivity index (χ1n) is 5.07. The van der Waals surface area contributed by atoms with Crippen LogP contribution in [-0.4, -0.2) is 21.9 Å². The molecule has 0 bridgehead atoms. The molecule has 1 heterocycles. The minimum absolute atomic E-state index is 0.306. The summed E-state index contributed by atoms with van der Waals surface area (Å²) in [6, 6.07) is 1.76. The molecule has 0 aliphatic heterocycles. The molecule has 0 aliphatic rings. The molecule has 0 aliphatic carbocycles. The Morgan fingerprint density at radius 1 is 1.33 bits per heavy atom. The lowest BCUT2D eigenvalue weighted by atomic mass is 9.92. The molecular formula is C11H17BrN2O. The van der Waals surface area contributed by atoms with Crippen LogP contribution in [-0.2, 0) is 0 Å². The molecule has 0 saturated heterocycles. The maximum absolute atomic E-state index is 5.10. The average molecular weight is 273 g/mol. The summed E-state index contributed by atoms with van der Waals surface area (Å²) in [6.07, 6.45) is 1.74. The largest absolute Gasteiger partial charge is 0.481 e. The van der Waals surface area contributed by atoms with E-state index in [-0.39, 0.29) is 0 Å². The number of hydrogen-bond acceptors (Lipinski definition) is 3. The van der Waals surface area contributed by atoms with E-state index < -0.39 is 0 Å². The zero-order chi connectivity index (χ0) is 11.4. The molecule has 0 N–H and O–H groups in total. The first-order valence-corrected chi connectivity index (χ1v) is 5.98. The highest BCUT2D eigenvalue weighted by atomic mass is 79.9. The van der Waals surface area contributed by atoms with Crippen molar-refractivity contribution in [3.63, 3.8) is 0 Å². The van der Waals surface area contributed by atoms with Crippen LogP contribution in [0.3, 0.4) is 0 Å². The van der Waals surface area contributed by atoms with Gasteiger partial charge in [0.05, 0.1) is 7.11 Å². The van der Waals surface area contributed by atoms with Crippen LogP contribution in [0, 0.1) is 5.92 Å². The number of halogens is 1. The minimum Gasteiger partial charge on any atom is -0.481 e. The van der Waals surface area contributed by atoms with Gasteiger partial charge in [-0.2, -0.15) is 4.98 Å². The van der Waals surface area contributed by atoms with E-state index in [2.05, 4.69) is 46.7 Å². The second-order valence-electron chi connectivity index (χ2n) is 3.90. The van der Waals surface area contributed by atoms with Crippen LogP contribution in [0.1, 0.15) is 32.5 Å². The quantitative estimate of drug-likeness (QED) is 0.791. The molecule has 2 unspecified atom stereocenters. The number of hydrogen-bond donors (Lipinski definition) is 0. The van der Waals surface area contributed by atoms with Crippen molar-refractivity contribution in [1.82, 2.24) is 9.97 Å². The summed E-state index contributed by atoms with van der Waals surface area (Å²) < 4.78 is 5.10. The molecular weight excluding hydrogens is 256 g/mol. The Morgan fingerprint density at radius 3 is 2.47 bits per heavy atom. The molecule has 1 aromatic rings. The fraction of sp³-hybridized carbons (Fsp3) is 0.636. The van der Waals surface area contributed by atoms with Crippen molar-refractivity contribution in [3.05, 3.63) is 18.1 Å². The van der Waals surface area contributed by atoms with E-state index in [1.165, 1.54) is 0 Å². The van der Waals surface area contributed by atoms with Gasteiger partial charge in [0.1, 0.15) is 5.82 Å². The van der Waals surface area contributed by atoms with Gasteiger partial charge < -0.3 is 4.74 Å². The topological polar surface area (TPSA) is 35.0 Å². The smallest absolute Gasteiger partial charge is 0.216 e. The number of alkyl halides is 1. The summed E-state index contributed by atoms with van der Waals surface area (Å²) in [7, 11) is 1.62. The normalized spacial score (nSPS) is 15.1. The van der Waals surface area contributed by atoms with Gasteiger partial charge in [-0.3, -0.25) is 0 Å². The van der Waals surface area contributed by atoms with E-state index >= 15 is 0 Å². The van der Waals surface area contributed by atoms with Gasteiger partial charge in [0.2, 0.25) is 5.88 Å². The summed E-state index contributed by atoms with van der Waals surface area (Å²) in [5, 5.41) is 0. The Bertz CT molecular complexity index is 307. The van der Waals surface area contributed by atoms with Gasteiger partial charge in [-0.05, 0) is 5.92 Å². The summed E-state index contributed by atoms with van der Waals surface area (Å²) in [6.45, 7) is 6.46. The Labute approximate surface area is 99.4 Å². The number of methoxy groups -OCH3 is 1. The van der Waals surface area contributed by atoms with Crippen LogP contribution < -0.4 is 4.74 Å². The molecule has 2 atom stereocenters. The lowest BCUT2D eigenvalue weighted by molar-refractivity contribution is 0.387. The monoisotopic (exact) mass is 272 g/mol. The minimum atomic E-state index is 0.306. The van der Waals surface area contributed by atoms with Gasteiger partial charge in [0.25, 0.3) is 0 Å². The predicted molar refractivity (Wildman–Crippen MR) is 64.6 cm³/mol. The maximum atomic E-state index is 5.10. The molecule has 0 radical (unpaired) electrons. The Morgan fingerprint density at radius 2 is 2.00 bits per heavy atom. The van der Waals surface area contributed by atoms with Crippen molar-refractivity contribution in [2.45, 2.75) is 31.5 Å². The standard InChI is InChI=1S/C11H17BrN2O/c1-7(2)10(8(3)12)11-13-6-5-9(14-11)15-4/h5-8,10H,1-4H3. The zero-order valence-corrected chi connectivity index (χ0v) is 11.2. The van der Waals surface area contributed by atoms with Crippen LogP contribution in [0.25, 0.3) is 0 Å². The van der Waals surface area contributed by atoms with E-state index in [0.29, 0.717) is 22.5 Å².